The SMILES string of the molecule is COc1ccc2c(c1)[C@@]1(O[C@H](CC(=O)N3CCC[C@H]3CO)[C@@H]([Si](C)(C)O)[C@@H]1C)C(=O)N2Cc1cccc(NC(=O)c2ccc(N)cc2)c1. The van der Waals surface area contributed by atoms with E-state index in [1.165, 1.54) is 0 Å². The number of ether oxygens (including phenoxy) is 2. The maximum atomic E-state index is 14.8. The van der Waals surface area contributed by atoms with Crippen molar-refractivity contribution in [2.24, 2.45) is 5.92 Å². The molecule has 5 atom stereocenters. The van der Waals surface area contributed by atoms with Gasteiger partial charge in [-0.25, -0.2) is 0 Å². The fourth-order valence-corrected chi connectivity index (χ4v) is 10.5. The van der Waals surface area contributed by atoms with Crippen molar-refractivity contribution in [1.29, 1.82) is 0 Å². The zero-order valence-electron chi connectivity index (χ0n) is 27.8. The van der Waals surface area contributed by atoms with Crippen LogP contribution in [0, 0.1) is 5.92 Å². The first-order valence-electron chi connectivity index (χ1n) is 16.4. The van der Waals surface area contributed by atoms with E-state index in [4.69, 9.17) is 15.2 Å². The van der Waals surface area contributed by atoms with Crippen LogP contribution >= 0.6 is 0 Å². The van der Waals surface area contributed by atoms with Gasteiger partial charge in [-0.1, -0.05) is 19.1 Å². The van der Waals surface area contributed by atoms with Crippen molar-refractivity contribution in [3.05, 3.63) is 83.4 Å². The first kappa shape index (κ1) is 33.7. The predicted molar refractivity (Wildman–Crippen MR) is 185 cm³/mol. The highest BCUT2D eigenvalue weighted by Gasteiger charge is 2.66. The molecule has 3 heterocycles. The Bertz CT molecular complexity index is 1710. The number of nitrogen functional groups attached to an aromatic ring is 1. The molecule has 2 fully saturated rings. The van der Waals surface area contributed by atoms with Crippen molar-refractivity contribution in [2.75, 3.05) is 36.2 Å². The number of carbonyl (C=O) groups is 3. The van der Waals surface area contributed by atoms with Crippen molar-refractivity contribution in [2.45, 2.75) is 69.1 Å². The Balaban J connectivity index is 1.32. The van der Waals surface area contributed by atoms with Crippen molar-refractivity contribution in [3.8, 4) is 5.75 Å². The van der Waals surface area contributed by atoms with Gasteiger partial charge in [0, 0.05) is 40.5 Å². The van der Waals surface area contributed by atoms with Crippen LogP contribution < -0.4 is 20.7 Å². The Hall–Kier alpha value is -4.23. The highest BCUT2D eigenvalue weighted by Crippen LogP contribution is 2.60. The van der Waals surface area contributed by atoms with Crippen LogP contribution in [0.4, 0.5) is 17.1 Å². The van der Waals surface area contributed by atoms with Gasteiger partial charge in [-0.15, -0.1) is 0 Å². The van der Waals surface area contributed by atoms with E-state index >= 15 is 0 Å². The highest BCUT2D eigenvalue weighted by molar-refractivity contribution is 6.71. The number of methoxy groups -OCH3 is 1. The van der Waals surface area contributed by atoms with E-state index in [0.29, 0.717) is 40.5 Å². The summed E-state index contributed by atoms with van der Waals surface area (Å²) in [7, 11) is -1.43. The number of hydrogen-bond acceptors (Lipinski definition) is 8. The van der Waals surface area contributed by atoms with Gasteiger partial charge in [-0.3, -0.25) is 14.4 Å². The van der Waals surface area contributed by atoms with E-state index in [1.54, 1.807) is 53.3 Å². The lowest BCUT2D eigenvalue weighted by atomic mass is 9.82. The molecule has 254 valence electrons. The third-order valence-electron chi connectivity index (χ3n) is 10.2. The van der Waals surface area contributed by atoms with Crippen LogP contribution in [0.25, 0.3) is 0 Å². The van der Waals surface area contributed by atoms with Crippen molar-refractivity contribution >= 4 is 43.1 Å². The van der Waals surface area contributed by atoms with Crippen molar-refractivity contribution < 1.29 is 33.8 Å². The summed E-state index contributed by atoms with van der Waals surface area (Å²) in [6.45, 7) is 6.25. The third kappa shape index (κ3) is 5.98. The van der Waals surface area contributed by atoms with Crippen molar-refractivity contribution in [1.82, 2.24) is 4.90 Å². The van der Waals surface area contributed by atoms with Gasteiger partial charge in [0.05, 0.1) is 44.5 Å². The second kappa shape index (κ2) is 13.0. The summed E-state index contributed by atoms with van der Waals surface area (Å²) >= 11 is 0. The van der Waals surface area contributed by atoms with Gasteiger partial charge in [0.2, 0.25) is 5.91 Å². The molecule has 0 unspecified atom stereocenters. The minimum absolute atomic E-state index is 0.00653. The lowest BCUT2D eigenvalue weighted by molar-refractivity contribution is -0.150. The lowest BCUT2D eigenvalue weighted by Gasteiger charge is -2.33. The van der Waals surface area contributed by atoms with Gasteiger partial charge < -0.3 is 40.2 Å². The lowest BCUT2D eigenvalue weighted by Crippen LogP contribution is -2.46. The monoisotopic (exact) mass is 672 g/mol. The Morgan fingerprint density at radius 1 is 1.12 bits per heavy atom. The number of aliphatic hydroxyl groups excluding tert-OH is 1. The van der Waals surface area contributed by atoms with Crippen LogP contribution in [0.5, 0.6) is 5.75 Å². The summed E-state index contributed by atoms with van der Waals surface area (Å²) in [5, 5.41) is 12.8. The molecule has 12 heteroatoms. The van der Waals surface area contributed by atoms with Gasteiger partial charge in [-0.2, -0.15) is 0 Å². The smallest absolute Gasteiger partial charge is 0.264 e. The first-order valence-corrected chi connectivity index (χ1v) is 19.5. The molecule has 3 aromatic carbocycles. The van der Waals surface area contributed by atoms with E-state index in [9.17, 15) is 24.3 Å². The molecule has 11 nitrogen and oxygen atoms in total. The average Bonchev–Trinajstić information content (AvgIpc) is 3.71. The number of amides is 3. The number of rotatable bonds is 9. The molecular weight excluding hydrogens is 629 g/mol. The number of fused-ring (bicyclic) bond motifs is 2. The number of hydrogen-bond donors (Lipinski definition) is 4. The number of likely N-dealkylation sites (tertiary alicyclic amines) is 1. The summed E-state index contributed by atoms with van der Waals surface area (Å²) < 4.78 is 12.4. The largest absolute Gasteiger partial charge is 0.497 e. The molecule has 0 bridgehead atoms. The fourth-order valence-electron chi connectivity index (χ4n) is 7.95. The number of nitrogens with two attached hydrogens (primary N) is 1. The average molecular weight is 673 g/mol. The van der Waals surface area contributed by atoms with Gasteiger partial charge in [0.1, 0.15) is 5.75 Å². The van der Waals surface area contributed by atoms with E-state index in [1.807, 2.05) is 50.3 Å². The van der Waals surface area contributed by atoms with Crippen LogP contribution in [-0.4, -0.2) is 73.2 Å². The Kier molecular flexibility index (Phi) is 9.11. The maximum Gasteiger partial charge on any atom is 0.264 e. The molecule has 3 aliphatic heterocycles. The number of aliphatic hydroxyl groups is 1. The minimum atomic E-state index is -2.99. The molecule has 3 aliphatic rings. The van der Waals surface area contributed by atoms with E-state index in [2.05, 4.69) is 5.32 Å². The number of benzene rings is 3. The second-order valence-electron chi connectivity index (χ2n) is 13.7. The topological polar surface area (TPSA) is 155 Å². The van der Waals surface area contributed by atoms with E-state index in [-0.39, 0.29) is 43.3 Å². The van der Waals surface area contributed by atoms with Crippen LogP contribution in [0.2, 0.25) is 18.6 Å². The van der Waals surface area contributed by atoms with Crippen LogP contribution in [0.3, 0.4) is 0 Å². The quantitative estimate of drug-likeness (QED) is 0.194. The molecule has 0 saturated carbocycles. The Labute approximate surface area is 281 Å². The normalized spacial score (nSPS) is 25.1. The highest BCUT2D eigenvalue weighted by atomic mass is 28.4. The van der Waals surface area contributed by atoms with Gasteiger partial charge >= 0.3 is 0 Å². The number of nitrogens with zero attached hydrogens (tertiary/aromatic N) is 2. The predicted octanol–water partition coefficient (Wildman–Crippen LogP) is 4.25. The summed E-state index contributed by atoms with van der Waals surface area (Å²) in [6.07, 6.45) is 0.866. The summed E-state index contributed by atoms with van der Waals surface area (Å²) in [4.78, 5) is 56.3. The molecule has 3 aromatic rings. The molecule has 6 rings (SSSR count). The molecule has 0 aliphatic carbocycles. The standard InChI is InChI=1S/C36H44N4O7Si/c1-22-33(48(3,4)45)31(19-32(42)39-16-6-9-27(39)21-41)47-36(22)29-18-28(46-2)14-15-30(29)40(35(36)44)20-23-7-5-8-26(17-23)38-34(43)24-10-12-25(37)13-11-24/h5,7-8,10-15,17-18,22,27,31,33,41,45H,6,9,16,19-21,37H2,1-4H3,(H,38,43)/t22-,27-,31+,33-,36+/m0/s1. The van der Waals surface area contributed by atoms with E-state index in [0.717, 1.165) is 18.4 Å². The molecular formula is C36H44N4O7Si. The maximum absolute atomic E-state index is 14.8. The Morgan fingerprint density at radius 3 is 2.56 bits per heavy atom. The number of nitrogens with one attached hydrogen (secondary N) is 1. The summed E-state index contributed by atoms with van der Waals surface area (Å²) in [5.41, 5.74) is 7.59. The minimum Gasteiger partial charge on any atom is -0.497 e. The molecule has 5 N–H and O–H groups in total. The Morgan fingerprint density at radius 2 is 1.88 bits per heavy atom. The first-order chi connectivity index (χ1) is 22.9. The van der Waals surface area contributed by atoms with Crippen LogP contribution in [0.1, 0.15) is 47.7 Å². The third-order valence-corrected chi connectivity index (χ3v) is 12.7. The molecule has 0 radical (unpaired) electrons. The summed E-state index contributed by atoms with van der Waals surface area (Å²) in [5.74, 6) is -0.596. The van der Waals surface area contributed by atoms with E-state index < -0.39 is 31.5 Å². The van der Waals surface area contributed by atoms with Crippen LogP contribution in [0.15, 0.2) is 66.7 Å². The molecule has 1 spiro atoms. The summed E-state index contributed by atoms with van der Waals surface area (Å²) in [6, 6.07) is 19.2. The number of carbonyl (C=O) groups excluding carboxylic acids is 3. The molecule has 3 amide bonds. The van der Waals surface area contributed by atoms with Gasteiger partial charge in [0.25, 0.3) is 11.8 Å². The molecule has 0 aromatic heterocycles. The fraction of sp³-hybridized carbons (Fsp3) is 0.417. The van der Waals surface area contributed by atoms with Crippen molar-refractivity contribution in [3.63, 3.8) is 0 Å². The number of anilines is 3. The van der Waals surface area contributed by atoms with Gasteiger partial charge in [0.15, 0.2) is 13.9 Å². The molecule has 2 saturated heterocycles. The van der Waals surface area contributed by atoms with Crippen LogP contribution in [-0.2, 0) is 26.5 Å². The zero-order chi connectivity index (χ0) is 34.4. The van der Waals surface area contributed by atoms with Gasteiger partial charge in [-0.05, 0) is 86.1 Å². The zero-order valence-corrected chi connectivity index (χ0v) is 28.8. The molecule has 48 heavy (non-hydrogen) atoms. The second-order valence-corrected chi connectivity index (χ2v) is 17.7.